The zero-order valence-corrected chi connectivity index (χ0v) is 15.4. The van der Waals surface area contributed by atoms with E-state index in [4.69, 9.17) is 5.73 Å². The van der Waals surface area contributed by atoms with E-state index in [1.807, 2.05) is 6.07 Å². The third-order valence-corrected chi connectivity index (χ3v) is 5.96. The van der Waals surface area contributed by atoms with Gasteiger partial charge in [-0.15, -0.1) is 0 Å². The fourth-order valence-corrected chi connectivity index (χ4v) is 4.16. The summed E-state index contributed by atoms with van der Waals surface area (Å²) in [5.41, 5.74) is 6.42. The van der Waals surface area contributed by atoms with Crippen LogP contribution in [0.1, 0.15) is 44.1 Å². The lowest BCUT2D eigenvalue weighted by Crippen LogP contribution is -2.48. The van der Waals surface area contributed by atoms with Crippen molar-refractivity contribution in [3.63, 3.8) is 0 Å². The van der Waals surface area contributed by atoms with Crippen molar-refractivity contribution in [1.82, 2.24) is 5.32 Å². The number of halogens is 1. The van der Waals surface area contributed by atoms with Crippen molar-refractivity contribution in [2.24, 2.45) is 5.73 Å². The van der Waals surface area contributed by atoms with Crippen LogP contribution in [0, 0.1) is 5.82 Å². The van der Waals surface area contributed by atoms with Gasteiger partial charge in [0.1, 0.15) is 15.7 Å². The number of benzene rings is 1. The molecule has 140 valence electrons. The average molecular weight is 370 g/mol. The summed E-state index contributed by atoms with van der Waals surface area (Å²) in [6, 6.07) is 5.70. The van der Waals surface area contributed by atoms with Crippen LogP contribution < -0.4 is 11.1 Å². The van der Waals surface area contributed by atoms with Crippen molar-refractivity contribution >= 4 is 15.7 Å². The first-order chi connectivity index (χ1) is 11.7. The van der Waals surface area contributed by atoms with Crippen molar-refractivity contribution in [2.45, 2.75) is 50.0 Å². The molecule has 2 rings (SSSR count). The van der Waals surface area contributed by atoms with Gasteiger partial charge >= 0.3 is 0 Å². The van der Waals surface area contributed by atoms with Crippen LogP contribution in [0.4, 0.5) is 4.39 Å². The Hall–Kier alpha value is -1.47. The summed E-state index contributed by atoms with van der Waals surface area (Å²) in [5, 5.41) is 2.87. The van der Waals surface area contributed by atoms with Crippen molar-refractivity contribution in [2.75, 3.05) is 18.6 Å². The maximum absolute atomic E-state index is 13.7. The molecule has 0 heterocycles. The molecule has 0 bridgehead atoms. The molecule has 0 radical (unpaired) electrons. The highest BCUT2D eigenvalue weighted by Gasteiger charge is 2.35. The smallest absolute Gasteiger partial charge is 0.236 e. The van der Waals surface area contributed by atoms with Crippen molar-refractivity contribution in [3.8, 4) is 0 Å². The summed E-state index contributed by atoms with van der Waals surface area (Å²) >= 11 is 0. The number of carbonyl (C=O) groups is 1. The molecule has 1 fully saturated rings. The first-order valence-corrected chi connectivity index (χ1v) is 10.7. The minimum atomic E-state index is -3.15. The molecule has 7 heteroatoms. The maximum atomic E-state index is 13.7. The van der Waals surface area contributed by atoms with E-state index in [-0.39, 0.29) is 29.3 Å². The van der Waals surface area contributed by atoms with E-state index in [2.05, 4.69) is 5.32 Å². The molecule has 1 aromatic rings. The number of sulfone groups is 1. The second-order valence-corrected chi connectivity index (χ2v) is 9.35. The molecule has 1 unspecified atom stereocenters. The molecular weight excluding hydrogens is 343 g/mol. The number of hydrogen-bond acceptors (Lipinski definition) is 4. The Morgan fingerprint density at radius 1 is 1.32 bits per heavy atom. The van der Waals surface area contributed by atoms with E-state index in [0.29, 0.717) is 6.54 Å². The highest BCUT2D eigenvalue weighted by molar-refractivity contribution is 7.90. The van der Waals surface area contributed by atoms with Crippen LogP contribution in [-0.2, 0) is 20.0 Å². The standard InChI is InChI=1S/C18H27FN2O3S/c1-25(23,24)11-8-16(20)17(22)21-13-18(9-3-2-4-10-18)14-6-5-7-15(19)12-14/h5-7,12,16H,2-4,8-11,13,20H2,1H3,(H,21,22). The van der Waals surface area contributed by atoms with E-state index in [1.54, 1.807) is 12.1 Å². The molecular formula is C18H27FN2O3S. The minimum Gasteiger partial charge on any atom is -0.354 e. The van der Waals surface area contributed by atoms with Gasteiger partial charge in [-0.2, -0.15) is 0 Å². The SMILES string of the molecule is CS(=O)(=O)CCC(N)C(=O)NCC1(c2cccc(F)c2)CCCCC1. The summed E-state index contributed by atoms with van der Waals surface area (Å²) in [4.78, 5) is 12.2. The number of rotatable bonds is 7. The number of hydrogen-bond donors (Lipinski definition) is 2. The summed E-state index contributed by atoms with van der Waals surface area (Å²) in [5.74, 6) is -0.750. The normalized spacial score (nSPS) is 18.5. The summed E-state index contributed by atoms with van der Waals surface area (Å²) < 4.78 is 36.1. The lowest BCUT2D eigenvalue weighted by molar-refractivity contribution is -0.122. The lowest BCUT2D eigenvalue weighted by atomic mass is 9.69. The summed E-state index contributed by atoms with van der Waals surface area (Å²) in [6.07, 6.45) is 6.19. The third kappa shape index (κ3) is 5.78. The highest BCUT2D eigenvalue weighted by atomic mass is 32.2. The van der Waals surface area contributed by atoms with Gasteiger partial charge in [-0.3, -0.25) is 4.79 Å². The topological polar surface area (TPSA) is 89.3 Å². The van der Waals surface area contributed by atoms with Gasteiger partial charge in [0, 0.05) is 18.2 Å². The van der Waals surface area contributed by atoms with Crippen LogP contribution >= 0.6 is 0 Å². The molecule has 25 heavy (non-hydrogen) atoms. The van der Waals surface area contributed by atoms with Crippen molar-refractivity contribution < 1.29 is 17.6 Å². The van der Waals surface area contributed by atoms with E-state index >= 15 is 0 Å². The molecule has 1 saturated carbocycles. The molecule has 5 nitrogen and oxygen atoms in total. The molecule has 1 aromatic carbocycles. The van der Waals surface area contributed by atoms with E-state index in [1.165, 1.54) is 6.07 Å². The predicted molar refractivity (Wildman–Crippen MR) is 96.5 cm³/mol. The lowest BCUT2D eigenvalue weighted by Gasteiger charge is -2.38. The Bertz CT molecular complexity index is 700. The van der Waals surface area contributed by atoms with Crippen molar-refractivity contribution in [1.29, 1.82) is 0 Å². The Morgan fingerprint density at radius 3 is 2.60 bits per heavy atom. The Kier molecular flexibility index (Phi) is 6.57. The second-order valence-electron chi connectivity index (χ2n) is 7.09. The molecule has 1 atom stereocenters. The molecule has 1 amide bonds. The number of nitrogens with one attached hydrogen (secondary N) is 1. The van der Waals surface area contributed by atoms with Gasteiger partial charge in [-0.05, 0) is 37.0 Å². The van der Waals surface area contributed by atoms with Crippen LogP contribution in [0.15, 0.2) is 24.3 Å². The van der Waals surface area contributed by atoms with Crippen molar-refractivity contribution in [3.05, 3.63) is 35.6 Å². The third-order valence-electron chi connectivity index (χ3n) is 4.99. The quantitative estimate of drug-likeness (QED) is 0.767. The fourth-order valence-electron chi connectivity index (χ4n) is 3.47. The monoisotopic (exact) mass is 370 g/mol. The second kappa shape index (κ2) is 8.27. The molecule has 0 aliphatic heterocycles. The Labute approximate surface area is 149 Å². The van der Waals surface area contributed by atoms with Crippen LogP contribution in [-0.4, -0.2) is 38.9 Å². The minimum absolute atomic E-state index is 0.0949. The number of nitrogens with two attached hydrogens (primary N) is 1. The zero-order valence-electron chi connectivity index (χ0n) is 14.6. The number of amides is 1. The Morgan fingerprint density at radius 2 is 2.00 bits per heavy atom. The zero-order chi connectivity index (χ0) is 18.5. The van der Waals surface area contributed by atoms with E-state index in [9.17, 15) is 17.6 Å². The van der Waals surface area contributed by atoms with Gasteiger partial charge in [0.05, 0.1) is 11.8 Å². The molecule has 1 aliphatic rings. The first kappa shape index (κ1) is 19.8. The van der Waals surface area contributed by atoms with Gasteiger partial charge in [-0.25, -0.2) is 12.8 Å². The van der Waals surface area contributed by atoms with Gasteiger partial charge in [0.25, 0.3) is 0 Å². The Balaban J connectivity index is 2.04. The van der Waals surface area contributed by atoms with Gasteiger partial charge in [0.2, 0.25) is 5.91 Å². The van der Waals surface area contributed by atoms with Crippen LogP contribution in [0.5, 0.6) is 0 Å². The van der Waals surface area contributed by atoms with E-state index in [0.717, 1.165) is 43.9 Å². The maximum Gasteiger partial charge on any atom is 0.236 e. The summed E-state index contributed by atoms with van der Waals surface area (Å²) in [7, 11) is -3.15. The van der Waals surface area contributed by atoms with Crippen LogP contribution in [0.3, 0.4) is 0 Å². The molecule has 0 saturated heterocycles. The first-order valence-electron chi connectivity index (χ1n) is 8.69. The molecule has 0 spiro atoms. The fraction of sp³-hybridized carbons (Fsp3) is 0.611. The van der Waals surface area contributed by atoms with E-state index < -0.39 is 15.9 Å². The molecule has 3 N–H and O–H groups in total. The number of carbonyl (C=O) groups excluding carboxylic acids is 1. The van der Waals surface area contributed by atoms with Gasteiger partial charge < -0.3 is 11.1 Å². The summed E-state index contributed by atoms with van der Waals surface area (Å²) in [6.45, 7) is 0.391. The van der Waals surface area contributed by atoms with Gasteiger partial charge in [-0.1, -0.05) is 31.4 Å². The molecule has 0 aromatic heterocycles. The largest absolute Gasteiger partial charge is 0.354 e. The molecule has 1 aliphatic carbocycles. The average Bonchev–Trinajstić information content (AvgIpc) is 2.57. The van der Waals surface area contributed by atoms with Crippen LogP contribution in [0.2, 0.25) is 0 Å². The highest BCUT2D eigenvalue weighted by Crippen LogP contribution is 2.39. The predicted octanol–water partition coefficient (Wildman–Crippen LogP) is 1.91. The van der Waals surface area contributed by atoms with Gasteiger partial charge in [0.15, 0.2) is 0 Å². The van der Waals surface area contributed by atoms with Crippen LogP contribution in [0.25, 0.3) is 0 Å².